The monoisotopic (exact) mass is 427 g/mol. The number of aromatic nitrogens is 3. The molecule has 0 aliphatic heterocycles. The van der Waals surface area contributed by atoms with E-state index in [4.69, 9.17) is 4.52 Å². The first-order valence-corrected chi connectivity index (χ1v) is 10.7. The van der Waals surface area contributed by atoms with Crippen LogP contribution in [0.5, 0.6) is 0 Å². The number of thiazole rings is 1. The molecule has 4 rings (SSSR count). The minimum atomic E-state index is -0.236. The SMILES string of the molecule is Cc1cc(NC(=O)CSCC(=O)Nc2ccc(-c3cn4ccsc4n3)cc2)no1. The van der Waals surface area contributed by atoms with Crippen molar-refractivity contribution in [3.63, 3.8) is 0 Å². The molecule has 2 N–H and O–H groups in total. The van der Waals surface area contributed by atoms with Gasteiger partial charge in [-0.3, -0.25) is 14.0 Å². The number of thioether (sulfide) groups is 1. The lowest BCUT2D eigenvalue weighted by Crippen LogP contribution is -2.18. The molecule has 0 spiro atoms. The lowest BCUT2D eigenvalue weighted by Gasteiger charge is -2.06. The standard InChI is InChI=1S/C19H17N5O3S2/c1-12-8-16(23-27-12)22-18(26)11-28-10-17(25)20-14-4-2-13(3-5-14)15-9-24-6-7-29-19(24)21-15/h2-9H,10-11H2,1H3,(H,20,25)(H,22,23,26). The van der Waals surface area contributed by atoms with Crippen LogP contribution in [-0.2, 0) is 9.59 Å². The van der Waals surface area contributed by atoms with E-state index < -0.39 is 0 Å². The molecule has 4 aromatic rings. The Morgan fingerprint density at radius 3 is 2.62 bits per heavy atom. The predicted octanol–water partition coefficient (Wildman–Crippen LogP) is 3.67. The highest BCUT2D eigenvalue weighted by molar-refractivity contribution is 8.00. The van der Waals surface area contributed by atoms with Gasteiger partial charge in [0.25, 0.3) is 0 Å². The van der Waals surface area contributed by atoms with Crippen LogP contribution in [0.3, 0.4) is 0 Å². The van der Waals surface area contributed by atoms with Crippen molar-refractivity contribution in [2.45, 2.75) is 6.92 Å². The summed E-state index contributed by atoms with van der Waals surface area (Å²) in [6.45, 7) is 1.74. The summed E-state index contributed by atoms with van der Waals surface area (Å²) in [5.74, 6) is 0.900. The molecule has 2 amide bonds. The molecule has 0 aliphatic carbocycles. The second-order valence-corrected chi connectivity index (χ2v) is 8.07. The number of fused-ring (bicyclic) bond motifs is 1. The van der Waals surface area contributed by atoms with Crippen LogP contribution in [0.1, 0.15) is 5.76 Å². The molecule has 0 unspecified atom stereocenters. The first-order chi connectivity index (χ1) is 14.1. The van der Waals surface area contributed by atoms with Crippen molar-refractivity contribution in [3.8, 4) is 11.3 Å². The van der Waals surface area contributed by atoms with Crippen molar-refractivity contribution >= 4 is 51.4 Å². The summed E-state index contributed by atoms with van der Waals surface area (Å²) in [4.78, 5) is 29.4. The maximum Gasteiger partial charge on any atom is 0.235 e. The molecule has 0 radical (unpaired) electrons. The zero-order valence-corrected chi connectivity index (χ0v) is 17.0. The van der Waals surface area contributed by atoms with Crippen molar-refractivity contribution < 1.29 is 14.1 Å². The average molecular weight is 428 g/mol. The van der Waals surface area contributed by atoms with Gasteiger partial charge in [-0.15, -0.1) is 23.1 Å². The lowest BCUT2D eigenvalue weighted by molar-refractivity contribution is -0.114. The van der Waals surface area contributed by atoms with Crippen molar-refractivity contribution in [2.24, 2.45) is 0 Å². The van der Waals surface area contributed by atoms with Gasteiger partial charge in [0.1, 0.15) is 5.76 Å². The van der Waals surface area contributed by atoms with Crippen LogP contribution < -0.4 is 10.6 Å². The Morgan fingerprint density at radius 1 is 1.17 bits per heavy atom. The number of nitrogens with one attached hydrogen (secondary N) is 2. The molecule has 0 saturated carbocycles. The first-order valence-electron chi connectivity index (χ1n) is 8.70. The first kappa shape index (κ1) is 19.2. The number of rotatable bonds is 7. The Morgan fingerprint density at radius 2 is 1.93 bits per heavy atom. The van der Waals surface area contributed by atoms with Gasteiger partial charge in [0.2, 0.25) is 11.8 Å². The van der Waals surface area contributed by atoms with E-state index in [2.05, 4.69) is 20.8 Å². The smallest absolute Gasteiger partial charge is 0.235 e. The molecule has 10 heteroatoms. The quantitative estimate of drug-likeness (QED) is 0.467. The molecule has 148 valence electrons. The number of hydrogen-bond acceptors (Lipinski definition) is 7. The number of nitrogens with zero attached hydrogens (tertiary/aromatic N) is 3. The summed E-state index contributed by atoms with van der Waals surface area (Å²) in [5.41, 5.74) is 2.56. The zero-order chi connectivity index (χ0) is 20.2. The van der Waals surface area contributed by atoms with Gasteiger partial charge in [-0.25, -0.2) is 4.98 Å². The van der Waals surface area contributed by atoms with Crippen LogP contribution >= 0.6 is 23.1 Å². The largest absolute Gasteiger partial charge is 0.360 e. The van der Waals surface area contributed by atoms with Crippen LogP contribution in [0.4, 0.5) is 11.5 Å². The predicted molar refractivity (Wildman–Crippen MR) is 114 cm³/mol. The summed E-state index contributed by atoms with van der Waals surface area (Å²) in [6.07, 6.45) is 3.94. The zero-order valence-electron chi connectivity index (χ0n) is 15.4. The number of hydrogen-bond donors (Lipinski definition) is 2. The van der Waals surface area contributed by atoms with Gasteiger partial charge < -0.3 is 15.2 Å². The fourth-order valence-corrected chi connectivity index (χ4v) is 3.95. The van der Waals surface area contributed by atoms with E-state index in [9.17, 15) is 9.59 Å². The molecule has 0 fully saturated rings. The molecule has 0 bridgehead atoms. The molecular weight excluding hydrogens is 410 g/mol. The maximum absolute atomic E-state index is 12.1. The van der Waals surface area contributed by atoms with Crippen LogP contribution in [0.25, 0.3) is 16.2 Å². The van der Waals surface area contributed by atoms with E-state index in [0.29, 0.717) is 17.3 Å². The van der Waals surface area contributed by atoms with Crippen LogP contribution in [0.2, 0.25) is 0 Å². The van der Waals surface area contributed by atoms with Crippen LogP contribution in [-0.4, -0.2) is 37.9 Å². The second kappa shape index (κ2) is 8.50. The molecule has 0 aliphatic rings. The fraction of sp³-hybridized carbons (Fsp3) is 0.158. The number of amides is 2. The third kappa shape index (κ3) is 4.84. The highest BCUT2D eigenvalue weighted by Crippen LogP contribution is 2.23. The summed E-state index contributed by atoms with van der Waals surface area (Å²) < 4.78 is 6.86. The van der Waals surface area contributed by atoms with Gasteiger partial charge >= 0.3 is 0 Å². The van der Waals surface area contributed by atoms with Crippen molar-refractivity contribution in [1.29, 1.82) is 0 Å². The van der Waals surface area contributed by atoms with E-state index in [1.807, 2.05) is 46.4 Å². The number of carbonyl (C=O) groups excluding carboxylic acids is 2. The molecule has 3 aromatic heterocycles. The van der Waals surface area contributed by atoms with E-state index in [0.717, 1.165) is 16.2 Å². The van der Waals surface area contributed by atoms with E-state index >= 15 is 0 Å². The lowest BCUT2D eigenvalue weighted by atomic mass is 10.1. The topological polar surface area (TPSA) is 102 Å². The van der Waals surface area contributed by atoms with Gasteiger partial charge in [-0.2, -0.15) is 0 Å². The highest BCUT2D eigenvalue weighted by Gasteiger charge is 2.09. The molecule has 29 heavy (non-hydrogen) atoms. The summed E-state index contributed by atoms with van der Waals surface area (Å²) in [6, 6.07) is 9.15. The minimum absolute atomic E-state index is 0.149. The van der Waals surface area contributed by atoms with Gasteiger partial charge in [-0.05, 0) is 19.1 Å². The Kier molecular flexibility index (Phi) is 5.63. The minimum Gasteiger partial charge on any atom is -0.360 e. The van der Waals surface area contributed by atoms with Gasteiger partial charge in [-0.1, -0.05) is 17.3 Å². The van der Waals surface area contributed by atoms with E-state index in [1.165, 1.54) is 11.8 Å². The Balaban J connectivity index is 1.24. The molecule has 0 saturated heterocycles. The molecule has 3 heterocycles. The van der Waals surface area contributed by atoms with Gasteiger partial charge in [0, 0.05) is 35.1 Å². The van der Waals surface area contributed by atoms with E-state index in [-0.39, 0.29) is 23.3 Å². The summed E-state index contributed by atoms with van der Waals surface area (Å²) in [7, 11) is 0. The van der Waals surface area contributed by atoms with Crippen molar-refractivity contribution in [3.05, 3.63) is 53.9 Å². The Bertz CT molecular complexity index is 1120. The third-order valence-corrected chi connectivity index (χ3v) is 5.62. The summed E-state index contributed by atoms with van der Waals surface area (Å²) in [5, 5.41) is 11.1. The van der Waals surface area contributed by atoms with Crippen molar-refractivity contribution in [1.82, 2.24) is 14.5 Å². The highest BCUT2D eigenvalue weighted by atomic mass is 32.2. The molecule has 8 nitrogen and oxygen atoms in total. The number of carbonyl (C=O) groups is 2. The number of benzene rings is 1. The van der Waals surface area contributed by atoms with Crippen molar-refractivity contribution in [2.75, 3.05) is 22.1 Å². The molecule has 0 atom stereocenters. The average Bonchev–Trinajstić information content (AvgIpc) is 3.39. The number of anilines is 2. The normalized spacial score (nSPS) is 10.9. The third-order valence-electron chi connectivity index (χ3n) is 3.92. The number of imidazole rings is 1. The second-order valence-electron chi connectivity index (χ2n) is 6.21. The van der Waals surface area contributed by atoms with E-state index in [1.54, 1.807) is 24.3 Å². The molecular formula is C19H17N5O3S2. The maximum atomic E-state index is 12.1. The Labute approximate surface area is 174 Å². The van der Waals surface area contributed by atoms with Gasteiger partial charge in [0.05, 0.1) is 17.2 Å². The number of aryl methyl sites for hydroxylation is 1. The fourth-order valence-electron chi connectivity index (χ4n) is 2.63. The van der Waals surface area contributed by atoms with Crippen LogP contribution in [0.15, 0.2) is 52.6 Å². The van der Waals surface area contributed by atoms with Gasteiger partial charge in [0.15, 0.2) is 10.8 Å². The Hall–Kier alpha value is -3.11. The summed E-state index contributed by atoms with van der Waals surface area (Å²) >= 11 is 2.81. The molecule has 1 aromatic carbocycles. The van der Waals surface area contributed by atoms with Crippen LogP contribution in [0, 0.1) is 6.92 Å².